The van der Waals surface area contributed by atoms with E-state index in [2.05, 4.69) is 41.4 Å². The van der Waals surface area contributed by atoms with E-state index in [1.54, 1.807) is 0 Å². The Morgan fingerprint density at radius 3 is 2.95 bits per heavy atom. The third-order valence-electron chi connectivity index (χ3n) is 4.09. The number of rotatable bonds is 4. The van der Waals surface area contributed by atoms with Gasteiger partial charge in [-0.2, -0.15) is 0 Å². The molecule has 1 aliphatic heterocycles. The van der Waals surface area contributed by atoms with Gasteiger partial charge in [-0.1, -0.05) is 13.8 Å². The van der Waals surface area contributed by atoms with Gasteiger partial charge in [0.15, 0.2) is 5.65 Å². The highest BCUT2D eigenvalue weighted by atomic mass is 15.1. The van der Waals surface area contributed by atoms with Crippen molar-refractivity contribution >= 4 is 11.2 Å². The summed E-state index contributed by atoms with van der Waals surface area (Å²) in [7, 11) is 2.21. The standard InChI is InChI=1S/C16H24N4/c1-12(2)10-20-15(9-13-6-8-19(3)11-13)18-14-5-4-7-17-16(14)20/h4-5,7,12-13H,6,8-11H2,1-3H3. The van der Waals surface area contributed by atoms with Gasteiger partial charge in [-0.15, -0.1) is 0 Å². The maximum atomic E-state index is 4.84. The lowest BCUT2D eigenvalue weighted by molar-refractivity contribution is 0.389. The number of nitrogens with zero attached hydrogens (tertiary/aromatic N) is 4. The van der Waals surface area contributed by atoms with E-state index < -0.39 is 0 Å². The average Bonchev–Trinajstić information content (AvgIpc) is 2.95. The number of hydrogen-bond donors (Lipinski definition) is 0. The van der Waals surface area contributed by atoms with E-state index in [1.807, 2.05) is 12.3 Å². The Balaban J connectivity index is 1.92. The molecule has 1 fully saturated rings. The van der Waals surface area contributed by atoms with Gasteiger partial charge in [-0.25, -0.2) is 9.97 Å². The second-order valence-electron chi connectivity index (χ2n) is 6.50. The number of fused-ring (bicyclic) bond motifs is 1. The number of likely N-dealkylation sites (tertiary alicyclic amines) is 1. The van der Waals surface area contributed by atoms with Crippen LogP contribution in [0.15, 0.2) is 18.3 Å². The second-order valence-corrected chi connectivity index (χ2v) is 6.50. The molecule has 20 heavy (non-hydrogen) atoms. The minimum absolute atomic E-state index is 0.611. The Bertz CT molecular complexity index is 587. The SMILES string of the molecule is CC(C)Cn1c(CC2CCN(C)C2)nc2cccnc21. The molecule has 0 saturated carbocycles. The van der Waals surface area contributed by atoms with Crippen LogP contribution in [0.5, 0.6) is 0 Å². The molecule has 2 aromatic rings. The summed E-state index contributed by atoms with van der Waals surface area (Å²) in [5.74, 6) is 2.56. The lowest BCUT2D eigenvalue weighted by Gasteiger charge is -2.14. The van der Waals surface area contributed by atoms with E-state index >= 15 is 0 Å². The first-order valence-corrected chi connectivity index (χ1v) is 7.62. The molecular formula is C16H24N4. The smallest absolute Gasteiger partial charge is 0.159 e. The lowest BCUT2D eigenvalue weighted by atomic mass is 10.0. The van der Waals surface area contributed by atoms with Gasteiger partial charge in [0.05, 0.1) is 0 Å². The Hall–Kier alpha value is -1.42. The van der Waals surface area contributed by atoms with Gasteiger partial charge in [-0.3, -0.25) is 0 Å². The molecule has 4 nitrogen and oxygen atoms in total. The van der Waals surface area contributed by atoms with Crippen LogP contribution in [0.2, 0.25) is 0 Å². The van der Waals surface area contributed by atoms with Crippen LogP contribution in [0.3, 0.4) is 0 Å². The molecule has 1 aliphatic rings. The molecule has 1 saturated heterocycles. The highest BCUT2D eigenvalue weighted by Crippen LogP contribution is 2.22. The fourth-order valence-electron chi connectivity index (χ4n) is 3.17. The predicted molar refractivity (Wildman–Crippen MR) is 81.7 cm³/mol. The summed E-state index contributed by atoms with van der Waals surface area (Å²) < 4.78 is 2.33. The van der Waals surface area contributed by atoms with Crippen LogP contribution < -0.4 is 0 Å². The first-order chi connectivity index (χ1) is 9.63. The third kappa shape index (κ3) is 2.70. The summed E-state index contributed by atoms with van der Waals surface area (Å²) in [4.78, 5) is 11.8. The van der Waals surface area contributed by atoms with Crippen molar-refractivity contribution in [3.05, 3.63) is 24.2 Å². The van der Waals surface area contributed by atoms with Crippen LogP contribution in [-0.2, 0) is 13.0 Å². The van der Waals surface area contributed by atoms with Gasteiger partial charge in [0.1, 0.15) is 11.3 Å². The van der Waals surface area contributed by atoms with Crippen LogP contribution in [0, 0.1) is 11.8 Å². The molecule has 0 bridgehead atoms. The molecule has 0 aliphatic carbocycles. The zero-order chi connectivity index (χ0) is 14.1. The summed E-state index contributed by atoms with van der Waals surface area (Å²) in [6, 6.07) is 4.05. The van der Waals surface area contributed by atoms with Crippen molar-refractivity contribution in [3.63, 3.8) is 0 Å². The average molecular weight is 272 g/mol. The molecular weight excluding hydrogens is 248 g/mol. The van der Waals surface area contributed by atoms with E-state index in [9.17, 15) is 0 Å². The van der Waals surface area contributed by atoms with Gasteiger partial charge in [0, 0.05) is 25.7 Å². The van der Waals surface area contributed by atoms with Crippen molar-refractivity contribution in [1.29, 1.82) is 0 Å². The highest BCUT2D eigenvalue weighted by Gasteiger charge is 2.23. The molecule has 1 atom stereocenters. The van der Waals surface area contributed by atoms with Crippen molar-refractivity contribution in [2.75, 3.05) is 20.1 Å². The maximum absolute atomic E-state index is 4.84. The molecule has 0 aromatic carbocycles. The Morgan fingerprint density at radius 1 is 1.40 bits per heavy atom. The first-order valence-electron chi connectivity index (χ1n) is 7.62. The monoisotopic (exact) mass is 272 g/mol. The summed E-state index contributed by atoms with van der Waals surface area (Å²) >= 11 is 0. The quantitative estimate of drug-likeness (QED) is 0.858. The van der Waals surface area contributed by atoms with E-state index in [1.165, 1.54) is 25.3 Å². The molecule has 3 heterocycles. The number of imidazole rings is 1. The molecule has 0 spiro atoms. The molecule has 3 rings (SSSR count). The van der Waals surface area contributed by atoms with Crippen LogP contribution in [0.25, 0.3) is 11.2 Å². The summed E-state index contributed by atoms with van der Waals surface area (Å²) in [6.45, 7) is 7.92. The van der Waals surface area contributed by atoms with Crippen LogP contribution in [0.4, 0.5) is 0 Å². The van der Waals surface area contributed by atoms with Crippen LogP contribution >= 0.6 is 0 Å². The topological polar surface area (TPSA) is 34.0 Å². The summed E-state index contributed by atoms with van der Waals surface area (Å²) in [5, 5.41) is 0. The van der Waals surface area contributed by atoms with Gasteiger partial charge < -0.3 is 9.47 Å². The van der Waals surface area contributed by atoms with Crippen molar-refractivity contribution in [1.82, 2.24) is 19.4 Å². The lowest BCUT2D eigenvalue weighted by Crippen LogP contribution is -2.17. The Labute approximate surface area is 120 Å². The molecule has 2 aromatic heterocycles. The van der Waals surface area contributed by atoms with Crippen molar-refractivity contribution in [2.24, 2.45) is 11.8 Å². The summed E-state index contributed by atoms with van der Waals surface area (Å²) in [6.07, 6.45) is 4.23. The third-order valence-corrected chi connectivity index (χ3v) is 4.09. The normalized spacial score (nSPS) is 20.3. The zero-order valence-electron chi connectivity index (χ0n) is 12.7. The maximum Gasteiger partial charge on any atom is 0.159 e. The fourth-order valence-corrected chi connectivity index (χ4v) is 3.17. The number of hydrogen-bond acceptors (Lipinski definition) is 3. The number of aromatic nitrogens is 3. The molecule has 1 unspecified atom stereocenters. The van der Waals surface area contributed by atoms with Gasteiger partial charge in [0.25, 0.3) is 0 Å². The largest absolute Gasteiger partial charge is 0.312 e. The number of pyridine rings is 1. The zero-order valence-corrected chi connectivity index (χ0v) is 12.7. The highest BCUT2D eigenvalue weighted by molar-refractivity contribution is 5.71. The van der Waals surface area contributed by atoms with E-state index in [0.717, 1.165) is 30.0 Å². The van der Waals surface area contributed by atoms with Gasteiger partial charge in [0.2, 0.25) is 0 Å². The summed E-state index contributed by atoms with van der Waals surface area (Å²) in [5.41, 5.74) is 2.08. The Morgan fingerprint density at radius 2 is 2.25 bits per heavy atom. The van der Waals surface area contributed by atoms with Crippen molar-refractivity contribution < 1.29 is 0 Å². The van der Waals surface area contributed by atoms with Crippen LogP contribution in [-0.4, -0.2) is 39.6 Å². The van der Waals surface area contributed by atoms with Gasteiger partial charge >= 0.3 is 0 Å². The predicted octanol–water partition coefficient (Wildman–Crippen LogP) is 2.58. The van der Waals surface area contributed by atoms with E-state index in [-0.39, 0.29) is 0 Å². The fraction of sp³-hybridized carbons (Fsp3) is 0.625. The van der Waals surface area contributed by atoms with E-state index in [4.69, 9.17) is 4.98 Å². The molecule has 0 N–H and O–H groups in total. The minimum Gasteiger partial charge on any atom is -0.312 e. The minimum atomic E-state index is 0.611. The second kappa shape index (κ2) is 5.52. The van der Waals surface area contributed by atoms with Crippen LogP contribution in [0.1, 0.15) is 26.1 Å². The van der Waals surface area contributed by atoms with Gasteiger partial charge in [-0.05, 0) is 44.0 Å². The Kier molecular flexibility index (Phi) is 3.74. The molecule has 0 radical (unpaired) electrons. The molecule has 4 heteroatoms. The first kappa shape index (κ1) is 13.6. The molecule has 108 valence electrons. The molecule has 0 amide bonds. The van der Waals surface area contributed by atoms with E-state index in [0.29, 0.717) is 5.92 Å². The van der Waals surface area contributed by atoms with Crippen molar-refractivity contribution in [3.8, 4) is 0 Å². The van der Waals surface area contributed by atoms with Crippen molar-refractivity contribution in [2.45, 2.75) is 33.2 Å².